The van der Waals surface area contributed by atoms with E-state index in [4.69, 9.17) is 11.6 Å². The van der Waals surface area contributed by atoms with Gasteiger partial charge in [-0.3, -0.25) is 0 Å². The van der Waals surface area contributed by atoms with Crippen LogP contribution in [0.5, 0.6) is 0 Å². The Hall–Kier alpha value is -0.0100. The molecule has 0 aliphatic rings. The minimum Gasteiger partial charge on any atom is -0.316 e. The smallest absolute Gasteiger partial charge is 0.0336 e. The predicted octanol–water partition coefficient (Wildman–Crippen LogP) is 3.59. The fraction of sp³-hybridized carbons (Fsp3) is 0.833. The summed E-state index contributed by atoms with van der Waals surface area (Å²) in [5, 5.41) is 3.75. The molecule has 0 rings (SSSR count). The van der Waals surface area contributed by atoms with Crippen molar-refractivity contribution < 1.29 is 0 Å². The van der Waals surface area contributed by atoms with E-state index in [-0.39, 0.29) is 0 Å². The van der Waals surface area contributed by atoms with Gasteiger partial charge in [-0.05, 0) is 44.7 Å². The third kappa shape index (κ3) is 8.58. The Balaban J connectivity index is 3.26. The van der Waals surface area contributed by atoms with Crippen molar-refractivity contribution in [3.8, 4) is 0 Å². The molecule has 0 radical (unpaired) electrons. The van der Waals surface area contributed by atoms with Gasteiger partial charge in [0.2, 0.25) is 0 Å². The lowest BCUT2D eigenvalue weighted by Crippen LogP contribution is -2.19. The Morgan fingerprint density at radius 1 is 1.43 bits per heavy atom. The molecule has 0 heterocycles. The predicted molar refractivity (Wildman–Crippen MR) is 66.0 cm³/mol. The lowest BCUT2D eigenvalue weighted by atomic mass is 10.0. The maximum atomic E-state index is 6.09. The summed E-state index contributed by atoms with van der Waals surface area (Å²) in [6, 6.07) is 0. The molecule has 0 aromatic heterocycles. The highest BCUT2D eigenvalue weighted by molar-refractivity contribution is 6.20. The number of hydrogen-bond donors (Lipinski definition) is 1. The van der Waals surface area contributed by atoms with Gasteiger partial charge in [0.1, 0.15) is 0 Å². The summed E-state index contributed by atoms with van der Waals surface area (Å²) in [5.74, 6) is 0.730. The van der Waals surface area contributed by atoms with Crippen molar-refractivity contribution in [1.29, 1.82) is 0 Å². The Labute approximate surface area is 93.9 Å². The molecule has 84 valence electrons. The zero-order valence-corrected chi connectivity index (χ0v) is 10.3. The average Bonchev–Trinajstić information content (AvgIpc) is 2.17. The molecule has 2 heteroatoms. The van der Waals surface area contributed by atoms with Crippen molar-refractivity contribution in [1.82, 2.24) is 5.32 Å². The van der Waals surface area contributed by atoms with Crippen LogP contribution in [0.3, 0.4) is 0 Å². The first-order valence-corrected chi connectivity index (χ1v) is 6.10. The highest BCUT2D eigenvalue weighted by Crippen LogP contribution is 2.16. The van der Waals surface area contributed by atoms with Gasteiger partial charge in [-0.25, -0.2) is 0 Å². The van der Waals surface area contributed by atoms with Crippen molar-refractivity contribution in [2.24, 2.45) is 5.92 Å². The molecule has 0 saturated carbocycles. The van der Waals surface area contributed by atoms with E-state index in [0.29, 0.717) is 5.38 Å². The van der Waals surface area contributed by atoms with Gasteiger partial charge in [-0.2, -0.15) is 0 Å². The molecule has 0 amide bonds. The molecule has 0 aliphatic heterocycles. The molecule has 0 aromatic carbocycles. The van der Waals surface area contributed by atoms with Crippen LogP contribution in [-0.2, 0) is 0 Å². The van der Waals surface area contributed by atoms with Crippen molar-refractivity contribution in [3.05, 3.63) is 12.7 Å². The normalized spacial score (nSPS) is 15.1. The van der Waals surface area contributed by atoms with Gasteiger partial charge in [0.25, 0.3) is 0 Å². The second-order valence-electron chi connectivity index (χ2n) is 3.96. The molecule has 14 heavy (non-hydrogen) atoms. The van der Waals surface area contributed by atoms with E-state index in [9.17, 15) is 0 Å². The summed E-state index contributed by atoms with van der Waals surface area (Å²) >= 11 is 6.09. The monoisotopic (exact) mass is 217 g/mol. The number of rotatable bonds is 9. The number of hydrogen-bond acceptors (Lipinski definition) is 1. The summed E-state index contributed by atoms with van der Waals surface area (Å²) < 4.78 is 0. The van der Waals surface area contributed by atoms with Crippen LogP contribution in [0.4, 0.5) is 0 Å². The van der Waals surface area contributed by atoms with Gasteiger partial charge in [0.15, 0.2) is 0 Å². The summed E-state index contributed by atoms with van der Waals surface area (Å²) in [6.45, 7) is 10.3. The topological polar surface area (TPSA) is 12.0 Å². The Kier molecular flexibility index (Phi) is 9.53. The van der Waals surface area contributed by atoms with Crippen LogP contribution < -0.4 is 5.32 Å². The Bertz CT molecular complexity index is 136. The molecule has 1 nitrogen and oxygen atoms in total. The molecule has 0 fully saturated rings. The molecule has 0 saturated heterocycles. The molecular weight excluding hydrogens is 194 g/mol. The zero-order valence-electron chi connectivity index (χ0n) is 9.56. The van der Waals surface area contributed by atoms with Gasteiger partial charge in [-0.1, -0.05) is 19.9 Å². The number of halogens is 1. The van der Waals surface area contributed by atoms with Gasteiger partial charge in [-0.15, -0.1) is 18.2 Å². The summed E-state index contributed by atoms with van der Waals surface area (Å²) in [5.41, 5.74) is 0. The second kappa shape index (κ2) is 9.54. The third-order valence-electron chi connectivity index (χ3n) is 2.44. The van der Waals surface area contributed by atoms with Crippen LogP contribution in [0, 0.1) is 5.92 Å². The van der Waals surface area contributed by atoms with E-state index in [1.807, 2.05) is 6.08 Å². The number of alkyl halides is 1. The molecule has 0 aromatic rings. The summed E-state index contributed by atoms with van der Waals surface area (Å²) in [6.07, 6.45) is 6.45. The minimum absolute atomic E-state index is 0.359. The van der Waals surface area contributed by atoms with Crippen molar-refractivity contribution in [2.45, 2.75) is 44.9 Å². The first-order valence-electron chi connectivity index (χ1n) is 5.66. The maximum Gasteiger partial charge on any atom is 0.0336 e. The van der Waals surface area contributed by atoms with Crippen LogP contribution in [0.25, 0.3) is 0 Å². The molecule has 2 atom stereocenters. The standard InChI is InChI=1S/C12H24ClN/c1-4-6-8-14-9-7-11(3)10-12(13)5-2/h4,11-12,14H,1,5-10H2,2-3H3/t11-,12-/m1/s1. The van der Waals surface area contributed by atoms with Crippen molar-refractivity contribution in [3.63, 3.8) is 0 Å². The highest BCUT2D eigenvalue weighted by Gasteiger charge is 2.07. The lowest BCUT2D eigenvalue weighted by molar-refractivity contribution is 0.459. The van der Waals surface area contributed by atoms with E-state index in [0.717, 1.165) is 38.3 Å². The van der Waals surface area contributed by atoms with E-state index in [1.165, 1.54) is 6.42 Å². The van der Waals surface area contributed by atoms with Crippen LogP contribution in [0.1, 0.15) is 39.5 Å². The van der Waals surface area contributed by atoms with Gasteiger partial charge < -0.3 is 5.32 Å². The lowest BCUT2D eigenvalue weighted by Gasteiger charge is -2.14. The van der Waals surface area contributed by atoms with E-state index >= 15 is 0 Å². The summed E-state index contributed by atoms with van der Waals surface area (Å²) in [4.78, 5) is 0. The molecule has 0 bridgehead atoms. The van der Waals surface area contributed by atoms with E-state index < -0.39 is 0 Å². The highest BCUT2D eigenvalue weighted by atomic mass is 35.5. The number of nitrogens with one attached hydrogen (secondary N) is 1. The fourth-order valence-corrected chi connectivity index (χ4v) is 1.70. The molecular formula is C12H24ClN. The Morgan fingerprint density at radius 3 is 2.71 bits per heavy atom. The SMILES string of the molecule is C=CCCNCC[C@@H](C)C[C@H](Cl)CC. The van der Waals surface area contributed by atoms with Gasteiger partial charge >= 0.3 is 0 Å². The first-order chi connectivity index (χ1) is 6.70. The maximum absolute atomic E-state index is 6.09. The zero-order chi connectivity index (χ0) is 10.8. The average molecular weight is 218 g/mol. The van der Waals surface area contributed by atoms with Gasteiger partial charge in [0, 0.05) is 5.38 Å². The Morgan fingerprint density at radius 2 is 2.14 bits per heavy atom. The van der Waals surface area contributed by atoms with E-state index in [1.54, 1.807) is 0 Å². The van der Waals surface area contributed by atoms with Crippen LogP contribution in [0.2, 0.25) is 0 Å². The van der Waals surface area contributed by atoms with Gasteiger partial charge in [0.05, 0.1) is 0 Å². The molecule has 0 spiro atoms. The quantitative estimate of drug-likeness (QED) is 0.354. The second-order valence-corrected chi connectivity index (χ2v) is 4.58. The molecule has 1 N–H and O–H groups in total. The fourth-order valence-electron chi connectivity index (χ4n) is 1.40. The van der Waals surface area contributed by atoms with Crippen LogP contribution in [0.15, 0.2) is 12.7 Å². The van der Waals surface area contributed by atoms with Crippen LogP contribution >= 0.6 is 11.6 Å². The first kappa shape index (κ1) is 14.0. The minimum atomic E-state index is 0.359. The third-order valence-corrected chi connectivity index (χ3v) is 2.93. The largest absolute Gasteiger partial charge is 0.316 e. The van der Waals surface area contributed by atoms with Crippen molar-refractivity contribution >= 4 is 11.6 Å². The van der Waals surface area contributed by atoms with Crippen LogP contribution in [-0.4, -0.2) is 18.5 Å². The van der Waals surface area contributed by atoms with Crippen molar-refractivity contribution in [2.75, 3.05) is 13.1 Å². The molecule has 0 aliphatic carbocycles. The summed E-state index contributed by atoms with van der Waals surface area (Å²) in [7, 11) is 0. The van der Waals surface area contributed by atoms with E-state index in [2.05, 4.69) is 25.7 Å². The molecule has 0 unspecified atom stereocenters.